The Morgan fingerprint density at radius 1 is 1.35 bits per heavy atom. The number of aromatic amines is 1. The molecule has 0 spiro atoms. The molecule has 112 valence electrons. The lowest BCUT2D eigenvalue weighted by Crippen LogP contribution is -2.26. The number of hydrogen-bond acceptors (Lipinski definition) is 3. The molecule has 1 aromatic rings. The van der Waals surface area contributed by atoms with E-state index >= 15 is 0 Å². The average molecular weight is 390 g/mol. The predicted octanol–water partition coefficient (Wildman–Crippen LogP) is 3.59. The predicted molar refractivity (Wildman–Crippen MR) is 87.9 cm³/mol. The Labute approximate surface area is 133 Å². The van der Waals surface area contributed by atoms with Crippen molar-refractivity contribution in [2.24, 2.45) is 5.92 Å². The summed E-state index contributed by atoms with van der Waals surface area (Å²) in [6.07, 6.45) is 6.87. The van der Waals surface area contributed by atoms with Gasteiger partial charge in [-0.15, -0.1) is 0 Å². The molecule has 5 heteroatoms. The first-order valence-corrected chi connectivity index (χ1v) is 8.65. The zero-order valence-electron chi connectivity index (χ0n) is 12.2. The van der Waals surface area contributed by atoms with Crippen LogP contribution >= 0.6 is 22.6 Å². The highest BCUT2D eigenvalue weighted by atomic mass is 127. The third-order valence-electron chi connectivity index (χ3n) is 3.98. The molecule has 0 bridgehead atoms. The number of rotatable bonds is 5. The van der Waals surface area contributed by atoms with Gasteiger partial charge in [0.25, 0.3) is 5.56 Å². The van der Waals surface area contributed by atoms with Crippen molar-refractivity contribution in [3.05, 3.63) is 25.4 Å². The Morgan fingerprint density at radius 2 is 2.05 bits per heavy atom. The molecule has 1 saturated carbocycles. The number of aryl methyl sites for hydroxylation is 1. The van der Waals surface area contributed by atoms with E-state index in [9.17, 15) is 4.79 Å². The average Bonchev–Trinajstić information content (AvgIpc) is 2.48. The molecule has 1 aliphatic rings. The van der Waals surface area contributed by atoms with Crippen LogP contribution in [0.3, 0.4) is 0 Å². The number of aromatic nitrogens is 2. The molecule has 20 heavy (non-hydrogen) atoms. The molecular weight excluding hydrogens is 367 g/mol. The summed E-state index contributed by atoms with van der Waals surface area (Å²) in [5, 5.41) is 0. The van der Waals surface area contributed by atoms with Gasteiger partial charge in [0.15, 0.2) is 0 Å². The van der Waals surface area contributed by atoms with Crippen LogP contribution in [0.4, 0.5) is 0 Å². The molecule has 4 nitrogen and oxygen atoms in total. The molecule has 1 unspecified atom stereocenters. The van der Waals surface area contributed by atoms with Crippen LogP contribution in [-0.4, -0.2) is 16.6 Å². The molecular formula is C15H23IN2O2. The first kappa shape index (κ1) is 15.9. The van der Waals surface area contributed by atoms with Crippen LogP contribution in [0.2, 0.25) is 0 Å². The number of H-pyrrole nitrogens is 1. The van der Waals surface area contributed by atoms with Crippen molar-refractivity contribution in [3.63, 3.8) is 0 Å². The highest BCUT2D eigenvalue weighted by Crippen LogP contribution is 2.35. The van der Waals surface area contributed by atoms with Gasteiger partial charge in [0.05, 0.1) is 9.26 Å². The third kappa shape index (κ3) is 3.61. The molecule has 0 saturated heterocycles. The van der Waals surface area contributed by atoms with Gasteiger partial charge in [-0.1, -0.05) is 26.2 Å². The minimum atomic E-state index is -0.0599. The maximum absolute atomic E-state index is 12.1. The Morgan fingerprint density at radius 3 is 2.65 bits per heavy atom. The largest absolute Gasteiger partial charge is 0.370 e. The fraction of sp³-hybridized carbons (Fsp3) is 0.733. The second-order valence-electron chi connectivity index (χ2n) is 5.34. The van der Waals surface area contributed by atoms with Gasteiger partial charge in [-0.05, 0) is 54.7 Å². The lowest BCUT2D eigenvalue weighted by Gasteiger charge is -2.29. The van der Waals surface area contributed by atoms with E-state index in [0.29, 0.717) is 16.1 Å². The van der Waals surface area contributed by atoms with Gasteiger partial charge in [0.2, 0.25) is 0 Å². The highest BCUT2D eigenvalue weighted by molar-refractivity contribution is 14.1. The van der Waals surface area contributed by atoms with E-state index in [-0.39, 0.29) is 11.7 Å². The van der Waals surface area contributed by atoms with Crippen LogP contribution in [0, 0.1) is 9.49 Å². The van der Waals surface area contributed by atoms with Gasteiger partial charge < -0.3 is 9.72 Å². The maximum Gasteiger partial charge on any atom is 0.264 e. The quantitative estimate of drug-likeness (QED) is 0.782. The van der Waals surface area contributed by atoms with E-state index in [1.165, 1.54) is 32.1 Å². The standard InChI is InChI=1S/C15H23IN2O2/c1-3-11-12(16)15(19)18-14(17-11)13(20-4-2)10-8-6-5-7-9-10/h10,13H,3-9H2,1-2H3,(H,17,18,19). The number of nitrogens with zero attached hydrogens (tertiary/aromatic N) is 1. The van der Waals surface area contributed by atoms with Crippen molar-refractivity contribution in [2.45, 2.75) is 58.5 Å². The second kappa shape index (κ2) is 7.54. The van der Waals surface area contributed by atoms with Gasteiger partial charge in [-0.3, -0.25) is 4.79 Å². The van der Waals surface area contributed by atoms with E-state index in [1.807, 2.05) is 13.8 Å². The number of nitrogens with one attached hydrogen (secondary N) is 1. The van der Waals surface area contributed by atoms with Crippen LogP contribution in [0.5, 0.6) is 0 Å². The molecule has 1 heterocycles. The van der Waals surface area contributed by atoms with Crippen LogP contribution in [0.1, 0.15) is 63.6 Å². The van der Waals surface area contributed by atoms with Gasteiger partial charge in [0, 0.05) is 6.61 Å². The zero-order valence-corrected chi connectivity index (χ0v) is 14.4. The van der Waals surface area contributed by atoms with Crippen LogP contribution in [0.15, 0.2) is 4.79 Å². The van der Waals surface area contributed by atoms with Gasteiger partial charge in [-0.25, -0.2) is 4.98 Å². The van der Waals surface area contributed by atoms with E-state index in [1.54, 1.807) is 0 Å². The molecule has 0 aliphatic heterocycles. The van der Waals surface area contributed by atoms with Crippen LogP contribution in [-0.2, 0) is 11.2 Å². The Balaban J connectivity index is 2.33. The molecule has 0 amide bonds. The van der Waals surface area contributed by atoms with E-state index in [2.05, 4.69) is 32.6 Å². The van der Waals surface area contributed by atoms with Crippen molar-refractivity contribution < 1.29 is 4.74 Å². The Kier molecular flexibility index (Phi) is 6.01. The SMILES string of the molecule is CCOC(c1nc(CC)c(I)c(=O)[nH]1)C1CCCCC1. The molecule has 0 radical (unpaired) electrons. The Bertz CT molecular complexity index is 495. The first-order valence-electron chi connectivity index (χ1n) is 7.57. The molecule has 1 fully saturated rings. The summed E-state index contributed by atoms with van der Waals surface area (Å²) in [7, 11) is 0. The summed E-state index contributed by atoms with van der Waals surface area (Å²) in [6.45, 7) is 4.68. The second-order valence-corrected chi connectivity index (χ2v) is 6.42. The third-order valence-corrected chi connectivity index (χ3v) is 5.09. The first-order chi connectivity index (χ1) is 9.67. The molecule has 1 atom stereocenters. The van der Waals surface area contributed by atoms with Crippen LogP contribution in [0.25, 0.3) is 0 Å². The topological polar surface area (TPSA) is 55.0 Å². The van der Waals surface area contributed by atoms with Crippen molar-refractivity contribution in [1.29, 1.82) is 0 Å². The monoisotopic (exact) mass is 390 g/mol. The minimum absolute atomic E-state index is 0.0343. The summed E-state index contributed by atoms with van der Waals surface area (Å²) >= 11 is 2.07. The summed E-state index contributed by atoms with van der Waals surface area (Å²) in [6, 6.07) is 0. The van der Waals surface area contributed by atoms with Gasteiger partial charge in [-0.2, -0.15) is 0 Å². The van der Waals surface area contributed by atoms with Crippen molar-refractivity contribution >= 4 is 22.6 Å². The highest BCUT2D eigenvalue weighted by Gasteiger charge is 2.28. The zero-order chi connectivity index (χ0) is 14.5. The van der Waals surface area contributed by atoms with Crippen LogP contribution < -0.4 is 5.56 Å². The maximum atomic E-state index is 12.1. The summed E-state index contributed by atoms with van der Waals surface area (Å²) in [5.41, 5.74) is 0.845. The Hall–Kier alpha value is -0.430. The smallest absolute Gasteiger partial charge is 0.264 e. The molecule has 1 aromatic heterocycles. The van der Waals surface area contributed by atoms with E-state index in [4.69, 9.17) is 4.74 Å². The fourth-order valence-electron chi connectivity index (χ4n) is 2.95. The van der Waals surface area contributed by atoms with Gasteiger partial charge >= 0.3 is 0 Å². The van der Waals surface area contributed by atoms with Gasteiger partial charge in [0.1, 0.15) is 11.9 Å². The van der Waals surface area contributed by atoms with E-state index in [0.717, 1.165) is 17.9 Å². The summed E-state index contributed by atoms with van der Waals surface area (Å²) < 4.78 is 6.63. The number of ether oxygens (including phenoxy) is 1. The van der Waals surface area contributed by atoms with E-state index < -0.39 is 0 Å². The van der Waals surface area contributed by atoms with Crippen molar-refractivity contribution in [1.82, 2.24) is 9.97 Å². The lowest BCUT2D eigenvalue weighted by atomic mass is 9.85. The lowest BCUT2D eigenvalue weighted by molar-refractivity contribution is -0.000505. The van der Waals surface area contributed by atoms with Crippen molar-refractivity contribution in [3.8, 4) is 0 Å². The molecule has 2 rings (SSSR count). The van der Waals surface area contributed by atoms with Crippen molar-refractivity contribution in [2.75, 3.05) is 6.61 Å². The molecule has 1 N–H and O–H groups in total. The fourth-order valence-corrected chi connectivity index (χ4v) is 3.59. The number of hydrogen-bond donors (Lipinski definition) is 1. The molecule has 0 aromatic carbocycles. The normalized spacial score (nSPS) is 18.1. The minimum Gasteiger partial charge on any atom is -0.370 e. The summed E-state index contributed by atoms with van der Waals surface area (Å²) in [5.74, 6) is 1.21. The number of halogens is 1. The molecule has 1 aliphatic carbocycles. The summed E-state index contributed by atoms with van der Waals surface area (Å²) in [4.78, 5) is 19.6.